The molecule has 0 radical (unpaired) electrons. The Morgan fingerprint density at radius 2 is 1.72 bits per heavy atom. The van der Waals surface area contributed by atoms with E-state index in [0.29, 0.717) is 23.1 Å². The van der Waals surface area contributed by atoms with Crippen molar-refractivity contribution in [3.8, 4) is 0 Å². The van der Waals surface area contributed by atoms with Crippen molar-refractivity contribution < 1.29 is 19.1 Å². The van der Waals surface area contributed by atoms with E-state index in [1.54, 1.807) is 6.92 Å². The Labute approximate surface area is 194 Å². The second kappa shape index (κ2) is 10.8. The van der Waals surface area contributed by atoms with Crippen LogP contribution in [0.2, 0.25) is 0 Å². The summed E-state index contributed by atoms with van der Waals surface area (Å²) < 4.78 is 5.25. The van der Waals surface area contributed by atoms with E-state index in [2.05, 4.69) is 15.1 Å². The fraction of sp³-hybridized carbons (Fsp3) is 0.708. The molecule has 2 fully saturated rings. The van der Waals surface area contributed by atoms with Gasteiger partial charge in [-0.25, -0.2) is 4.79 Å². The van der Waals surface area contributed by atoms with Crippen LogP contribution >= 0.6 is 11.3 Å². The molecule has 2 aliphatic heterocycles. The van der Waals surface area contributed by atoms with Crippen LogP contribution in [0.15, 0.2) is 0 Å². The Morgan fingerprint density at radius 1 is 1.00 bits per heavy atom. The molecule has 7 nitrogen and oxygen atoms in total. The third-order valence-corrected chi connectivity index (χ3v) is 8.08. The zero-order valence-corrected chi connectivity index (χ0v) is 19.9. The molecule has 0 saturated carbocycles. The highest BCUT2D eigenvalue weighted by atomic mass is 32.1. The molecule has 2 saturated heterocycles. The molecule has 1 N–H and O–H groups in total. The molecule has 4 rings (SSSR count). The molecule has 1 aliphatic carbocycles. The normalized spacial score (nSPS) is 20.0. The van der Waals surface area contributed by atoms with Crippen molar-refractivity contribution in [2.45, 2.75) is 64.7 Å². The highest BCUT2D eigenvalue weighted by Gasteiger charge is 2.31. The molecule has 176 valence electrons. The van der Waals surface area contributed by atoms with Crippen LogP contribution in [0.4, 0.5) is 5.00 Å². The van der Waals surface area contributed by atoms with E-state index in [1.165, 1.54) is 29.1 Å². The molecular formula is C24H35N3O4S. The molecule has 32 heavy (non-hydrogen) atoms. The number of nitrogens with one attached hydrogen (secondary N) is 1. The van der Waals surface area contributed by atoms with Gasteiger partial charge in [-0.1, -0.05) is 12.8 Å². The number of aryl methyl sites for hydroxylation is 1. The standard InChI is InChI=1S/C24H35N3O4S/c1-2-31-24(30)21-18-8-7-9-19(18)32-22(21)25-20(28)16-26-14-10-17(11-15-26)23(29)27-12-5-3-4-6-13-27/h17H,2-16H2,1H3,(H,25,28). The van der Waals surface area contributed by atoms with Crippen LogP contribution in [-0.4, -0.2) is 66.9 Å². The lowest BCUT2D eigenvalue weighted by Crippen LogP contribution is -2.44. The quantitative estimate of drug-likeness (QED) is 0.657. The van der Waals surface area contributed by atoms with Gasteiger partial charge in [-0.05, 0) is 70.5 Å². The fourth-order valence-electron chi connectivity index (χ4n) is 5.17. The topological polar surface area (TPSA) is 79.0 Å². The van der Waals surface area contributed by atoms with Gasteiger partial charge in [0.2, 0.25) is 11.8 Å². The lowest BCUT2D eigenvalue weighted by molar-refractivity contribution is -0.137. The molecule has 2 amide bonds. The number of carbonyl (C=O) groups excluding carboxylic acids is 3. The maximum atomic E-state index is 12.9. The van der Waals surface area contributed by atoms with Gasteiger partial charge < -0.3 is 15.0 Å². The predicted molar refractivity (Wildman–Crippen MR) is 125 cm³/mol. The first kappa shape index (κ1) is 23.2. The number of hydrogen-bond donors (Lipinski definition) is 1. The van der Waals surface area contributed by atoms with Crippen molar-refractivity contribution in [2.24, 2.45) is 5.92 Å². The highest BCUT2D eigenvalue weighted by Crippen LogP contribution is 2.39. The lowest BCUT2D eigenvalue weighted by Gasteiger charge is -2.33. The van der Waals surface area contributed by atoms with Crippen LogP contribution < -0.4 is 5.32 Å². The number of nitrogens with zero attached hydrogens (tertiary/aromatic N) is 2. The van der Waals surface area contributed by atoms with Crippen LogP contribution in [0.1, 0.15) is 72.7 Å². The Kier molecular flexibility index (Phi) is 7.84. The minimum absolute atomic E-state index is 0.0862. The zero-order valence-electron chi connectivity index (χ0n) is 19.1. The molecule has 0 unspecified atom stereocenters. The molecule has 0 bridgehead atoms. The first-order valence-corrected chi connectivity index (χ1v) is 13.0. The largest absolute Gasteiger partial charge is 0.462 e. The van der Waals surface area contributed by atoms with Gasteiger partial charge in [-0.15, -0.1) is 11.3 Å². The van der Waals surface area contributed by atoms with Crippen LogP contribution in [0, 0.1) is 5.92 Å². The zero-order chi connectivity index (χ0) is 22.5. The Morgan fingerprint density at radius 3 is 2.41 bits per heavy atom. The van der Waals surface area contributed by atoms with Crippen molar-refractivity contribution in [2.75, 3.05) is 44.6 Å². The number of anilines is 1. The van der Waals surface area contributed by atoms with Gasteiger partial charge in [-0.2, -0.15) is 0 Å². The molecular weight excluding hydrogens is 426 g/mol. The fourth-order valence-corrected chi connectivity index (χ4v) is 6.46. The molecule has 0 aromatic carbocycles. The summed E-state index contributed by atoms with van der Waals surface area (Å²) in [5, 5.41) is 3.61. The lowest BCUT2D eigenvalue weighted by atomic mass is 9.95. The number of thiophene rings is 1. The molecule has 8 heteroatoms. The second-order valence-corrected chi connectivity index (χ2v) is 10.2. The molecule has 3 aliphatic rings. The van der Waals surface area contributed by atoms with Gasteiger partial charge in [0.25, 0.3) is 0 Å². The van der Waals surface area contributed by atoms with Crippen molar-refractivity contribution >= 4 is 34.1 Å². The number of amides is 2. The van der Waals surface area contributed by atoms with E-state index < -0.39 is 0 Å². The number of esters is 1. The summed E-state index contributed by atoms with van der Waals surface area (Å²) in [5.41, 5.74) is 1.61. The van der Waals surface area contributed by atoms with E-state index in [4.69, 9.17) is 4.74 Å². The number of piperidine rings is 1. The van der Waals surface area contributed by atoms with Gasteiger partial charge >= 0.3 is 5.97 Å². The maximum absolute atomic E-state index is 12.9. The van der Waals surface area contributed by atoms with Gasteiger partial charge in [0.1, 0.15) is 5.00 Å². The molecule has 1 aromatic heterocycles. The number of carbonyl (C=O) groups is 3. The Hall–Kier alpha value is -1.93. The van der Waals surface area contributed by atoms with E-state index in [1.807, 2.05) is 0 Å². The van der Waals surface area contributed by atoms with Gasteiger partial charge in [0.15, 0.2) is 0 Å². The number of hydrogen-bond acceptors (Lipinski definition) is 6. The average molecular weight is 462 g/mol. The maximum Gasteiger partial charge on any atom is 0.341 e. The van der Waals surface area contributed by atoms with Crippen LogP contribution in [0.5, 0.6) is 0 Å². The summed E-state index contributed by atoms with van der Waals surface area (Å²) in [7, 11) is 0. The molecule has 0 atom stereocenters. The van der Waals surface area contributed by atoms with Crippen molar-refractivity contribution in [1.29, 1.82) is 0 Å². The van der Waals surface area contributed by atoms with Crippen molar-refractivity contribution in [1.82, 2.24) is 9.80 Å². The third kappa shape index (κ3) is 5.34. The highest BCUT2D eigenvalue weighted by molar-refractivity contribution is 7.17. The number of fused-ring (bicyclic) bond motifs is 1. The first-order valence-electron chi connectivity index (χ1n) is 12.2. The third-order valence-electron chi connectivity index (χ3n) is 6.88. The van der Waals surface area contributed by atoms with Gasteiger partial charge in [-0.3, -0.25) is 14.5 Å². The van der Waals surface area contributed by atoms with Gasteiger partial charge in [0.05, 0.1) is 18.7 Å². The van der Waals surface area contributed by atoms with E-state index in [9.17, 15) is 14.4 Å². The van der Waals surface area contributed by atoms with Crippen molar-refractivity contribution in [3.63, 3.8) is 0 Å². The SMILES string of the molecule is CCOC(=O)c1c(NC(=O)CN2CCC(C(=O)N3CCCCCC3)CC2)sc2c1CCC2. The monoisotopic (exact) mass is 461 g/mol. The summed E-state index contributed by atoms with van der Waals surface area (Å²) in [6.07, 6.45) is 9.18. The van der Waals surface area contributed by atoms with E-state index in [0.717, 1.165) is 76.7 Å². The number of ether oxygens (including phenoxy) is 1. The van der Waals surface area contributed by atoms with Crippen LogP contribution in [0.25, 0.3) is 0 Å². The Bertz CT molecular complexity index is 837. The molecule has 0 spiro atoms. The smallest absolute Gasteiger partial charge is 0.341 e. The van der Waals surface area contributed by atoms with E-state index >= 15 is 0 Å². The van der Waals surface area contributed by atoms with Crippen LogP contribution in [-0.2, 0) is 27.2 Å². The molecule has 1 aromatic rings. The van der Waals surface area contributed by atoms with E-state index in [-0.39, 0.29) is 24.3 Å². The van der Waals surface area contributed by atoms with Crippen LogP contribution in [0.3, 0.4) is 0 Å². The summed E-state index contributed by atoms with van der Waals surface area (Å²) >= 11 is 1.51. The summed E-state index contributed by atoms with van der Waals surface area (Å²) in [5.74, 6) is -0.0471. The number of likely N-dealkylation sites (tertiary alicyclic amines) is 2. The minimum Gasteiger partial charge on any atom is -0.462 e. The Balaban J connectivity index is 1.29. The average Bonchev–Trinajstić information content (AvgIpc) is 3.23. The summed E-state index contributed by atoms with van der Waals surface area (Å²) in [4.78, 5) is 43.5. The first-order chi connectivity index (χ1) is 15.6. The summed E-state index contributed by atoms with van der Waals surface area (Å²) in [6.45, 7) is 5.71. The molecule has 3 heterocycles. The predicted octanol–water partition coefficient (Wildman–Crippen LogP) is 3.47. The second-order valence-electron chi connectivity index (χ2n) is 9.12. The van der Waals surface area contributed by atoms with Crippen molar-refractivity contribution in [3.05, 3.63) is 16.0 Å². The summed E-state index contributed by atoms with van der Waals surface area (Å²) in [6, 6.07) is 0. The van der Waals surface area contributed by atoms with Gasteiger partial charge in [0, 0.05) is 23.9 Å². The minimum atomic E-state index is -0.338. The number of rotatable bonds is 6.